The second kappa shape index (κ2) is 6.89. The molecule has 0 aliphatic carbocycles. The second-order valence-electron chi connectivity index (χ2n) is 4.04. The molecular formula is C12H17ClN2OS. The summed E-state index contributed by atoms with van der Waals surface area (Å²) < 4.78 is 0. The number of nitrogens with one attached hydrogen (secondary N) is 1. The number of hydrogen-bond donors (Lipinski definition) is 2. The van der Waals surface area contributed by atoms with Crippen LogP contribution in [0.4, 0.5) is 0 Å². The third kappa shape index (κ3) is 5.44. The average Bonchev–Trinajstić information content (AvgIpc) is 2.24. The highest BCUT2D eigenvalue weighted by Crippen LogP contribution is 2.26. The third-order valence-corrected chi connectivity index (χ3v) is 3.45. The summed E-state index contributed by atoms with van der Waals surface area (Å²) in [5.41, 5.74) is 6.28. The number of carbonyl (C=O) groups is 1. The maximum absolute atomic E-state index is 10.8. The van der Waals surface area contributed by atoms with Gasteiger partial charge in [-0.25, -0.2) is 0 Å². The van der Waals surface area contributed by atoms with Crippen molar-refractivity contribution in [3.05, 3.63) is 28.8 Å². The van der Waals surface area contributed by atoms with Crippen LogP contribution >= 0.6 is 23.4 Å². The van der Waals surface area contributed by atoms with Gasteiger partial charge in [0, 0.05) is 22.5 Å². The molecule has 1 amide bonds. The van der Waals surface area contributed by atoms with Crippen LogP contribution in [0.1, 0.15) is 19.4 Å². The van der Waals surface area contributed by atoms with Gasteiger partial charge in [0.1, 0.15) is 0 Å². The Morgan fingerprint density at radius 1 is 1.53 bits per heavy atom. The molecule has 0 atom stereocenters. The minimum atomic E-state index is -0.322. The van der Waals surface area contributed by atoms with Gasteiger partial charge in [0.05, 0.1) is 5.75 Å². The molecule has 3 N–H and O–H groups in total. The van der Waals surface area contributed by atoms with E-state index in [1.807, 2.05) is 18.2 Å². The summed E-state index contributed by atoms with van der Waals surface area (Å²) in [7, 11) is 0. The van der Waals surface area contributed by atoms with Gasteiger partial charge in [-0.15, -0.1) is 11.8 Å². The highest BCUT2D eigenvalue weighted by Gasteiger charge is 2.06. The smallest absolute Gasteiger partial charge is 0.227 e. The van der Waals surface area contributed by atoms with E-state index in [4.69, 9.17) is 17.3 Å². The van der Waals surface area contributed by atoms with E-state index in [-0.39, 0.29) is 11.7 Å². The van der Waals surface area contributed by atoms with Crippen molar-refractivity contribution in [2.45, 2.75) is 31.3 Å². The van der Waals surface area contributed by atoms with Gasteiger partial charge in [0.25, 0.3) is 0 Å². The van der Waals surface area contributed by atoms with Gasteiger partial charge in [-0.1, -0.05) is 31.5 Å². The molecule has 0 aromatic heterocycles. The van der Waals surface area contributed by atoms with Crippen LogP contribution in [0.25, 0.3) is 0 Å². The molecule has 0 radical (unpaired) electrons. The van der Waals surface area contributed by atoms with Crippen LogP contribution < -0.4 is 11.1 Å². The molecule has 3 nitrogen and oxygen atoms in total. The molecule has 0 unspecified atom stereocenters. The zero-order chi connectivity index (χ0) is 12.8. The molecule has 0 bridgehead atoms. The standard InChI is InChI=1S/C12H17ClN2OS/c1-8(2)15-6-9-3-4-10(13)5-11(9)17-7-12(14)16/h3-5,8,15H,6-7H2,1-2H3,(H2,14,16). The first-order valence-corrected chi connectivity index (χ1v) is 6.78. The minimum Gasteiger partial charge on any atom is -0.369 e. The molecule has 0 spiro atoms. The Kier molecular flexibility index (Phi) is 5.82. The number of thioether (sulfide) groups is 1. The quantitative estimate of drug-likeness (QED) is 0.782. The number of carbonyl (C=O) groups excluding carboxylic acids is 1. The molecule has 17 heavy (non-hydrogen) atoms. The maximum atomic E-state index is 10.8. The summed E-state index contributed by atoms with van der Waals surface area (Å²) >= 11 is 7.37. The Labute approximate surface area is 111 Å². The summed E-state index contributed by atoms with van der Waals surface area (Å²) in [6.45, 7) is 4.94. The van der Waals surface area contributed by atoms with Crippen LogP contribution in [0.3, 0.4) is 0 Å². The summed E-state index contributed by atoms with van der Waals surface area (Å²) in [6.07, 6.45) is 0. The lowest BCUT2D eigenvalue weighted by Gasteiger charge is -2.12. The lowest BCUT2D eigenvalue weighted by Crippen LogP contribution is -2.22. The summed E-state index contributed by atoms with van der Waals surface area (Å²) in [4.78, 5) is 11.8. The Morgan fingerprint density at radius 3 is 2.82 bits per heavy atom. The first kappa shape index (κ1) is 14.4. The van der Waals surface area contributed by atoms with Crippen LogP contribution in [0, 0.1) is 0 Å². The van der Waals surface area contributed by atoms with E-state index in [0.717, 1.165) is 17.0 Å². The van der Waals surface area contributed by atoms with Crippen LogP contribution in [0.2, 0.25) is 5.02 Å². The summed E-state index contributed by atoms with van der Waals surface area (Å²) in [6, 6.07) is 6.11. The first-order chi connectivity index (χ1) is 7.99. The SMILES string of the molecule is CC(C)NCc1ccc(Cl)cc1SCC(N)=O. The summed E-state index contributed by atoms with van der Waals surface area (Å²) in [5.74, 6) is -0.0487. The van der Waals surface area contributed by atoms with Crippen molar-refractivity contribution in [3.8, 4) is 0 Å². The zero-order valence-electron chi connectivity index (χ0n) is 10.00. The van der Waals surface area contributed by atoms with E-state index in [1.165, 1.54) is 11.8 Å². The number of rotatable bonds is 6. The number of primary amides is 1. The zero-order valence-corrected chi connectivity index (χ0v) is 11.6. The molecule has 0 aliphatic rings. The van der Waals surface area contributed by atoms with Crippen molar-refractivity contribution in [1.82, 2.24) is 5.32 Å². The van der Waals surface area contributed by atoms with Crippen molar-refractivity contribution < 1.29 is 4.79 Å². The predicted molar refractivity (Wildman–Crippen MR) is 73.3 cm³/mol. The van der Waals surface area contributed by atoms with Gasteiger partial charge in [-0.2, -0.15) is 0 Å². The van der Waals surface area contributed by atoms with E-state index in [2.05, 4.69) is 19.2 Å². The Hall–Kier alpha value is -0.710. The molecule has 1 aromatic carbocycles. The molecule has 0 saturated carbocycles. The molecule has 0 fully saturated rings. The average molecular weight is 273 g/mol. The molecule has 1 rings (SSSR count). The molecule has 1 aromatic rings. The van der Waals surface area contributed by atoms with Gasteiger partial charge in [0.15, 0.2) is 0 Å². The fourth-order valence-electron chi connectivity index (χ4n) is 1.27. The number of halogens is 1. The van der Waals surface area contributed by atoms with Crippen molar-refractivity contribution in [2.24, 2.45) is 5.73 Å². The van der Waals surface area contributed by atoms with E-state index in [9.17, 15) is 4.79 Å². The number of amides is 1. The van der Waals surface area contributed by atoms with E-state index in [0.29, 0.717) is 11.1 Å². The van der Waals surface area contributed by atoms with Crippen LogP contribution in [0.15, 0.2) is 23.1 Å². The Bertz CT molecular complexity index is 396. The van der Waals surface area contributed by atoms with Crippen LogP contribution in [-0.2, 0) is 11.3 Å². The van der Waals surface area contributed by atoms with Crippen molar-refractivity contribution in [1.29, 1.82) is 0 Å². The fourth-order valence-corrected chi connectivity index (χ4v) is 2.34. The normalized spacial score (nSPS) is 10.8. The highest BCUT2D eigenvalue weighted by molar-refractivity contribution is 8.00. The Morgan fingerprint density at radius 2 is 2.24 bits per heavy atom. The third-order valence-electron chi connectivity index (χ3n) is 2.10. The van der Waals surface area contributed by atoms with Gasteiger partial charge in [-0.05, 0) is 17.7 Å². The first-order valence-electron chi connectivity index (χ1n) is 5.42. The number of nitrogens with two attached hydrogens (primary N) is 1. The van der Waals surface area contributed by atoms with Crippen LogP contribution in [0.5, 0.6) is 0 Å². The van der Waals surface area contributed by atoms with Gasteiger partial charge in [0.2, 0.25) is 5.91 Å². The Balaban J connectivity index is 2.76. The fraction of sp³-hybridized carbons (Fsp3) is 0.417. The lowest BCUT2D eigenvalue weighted by atomic mass is 10.2. The van der Waals surface area contributed by atoms with Crippen molar-refractivity contribution in [2.75, 3.05) is 5.75 Å². The molecule has 0 saturated heterocycles. The van der Waals surface area contributed by atoms with Crippen LogP contribution in [-0.4, -0.2) is 17.7 Å². The van der Waals surface area contributed by atoms with Gasteiger partial charge < -0.3 is 11.1 Å². The van der Waals surface area contributed by atoms with Gasteiger partial charge in [-0.3, -0.25) is 4.79 Å². The van der Waals surface area contributed by atoms with Gasteiger partial charge >= 0.3 is 0 Å². The maximum Gasteiger partial charge on any atom is 0.227 e. The van der Waals surface area contributed by atoms with E-state index >= 15 is 0 Å². The molecule has 0 heterocycles. The highest BCUT2D eigenvalue weighted by atomic mass is 35.5. The topological polar surface area (TPSA) is 55.1 Å². The largest absolute Gasteiger partial charge is 0.369 e. The van der Waals surface area contributed by atoms with Crippen molar-refractivity contribution >= 4 is 29.3 Å². The van der Waals surface area contributed by atoms with Crippen molar-refractivity contribution in [3.63, 3.8) is 0 Å². The molecule has 94 valence electrons. The monoisotopic (exact) mass is 272 g/mol. The van der Waals surface area contributed by atoms with E-state index in [1.54, 1.807) is 0 Å². The minimum absolute atomic E-state index is 0.273. The lowest BCUT2D eigenvalue weighted by molar-refractivity contribution is -0.115. The number of benzene rings is 1. The molecule has 0 aliphatic heterocycles. The molecular weight excluding hydrogens is 256 g/mol. The van der Waals surface area contributed by atoms with E-state index < -0.39 is 0 Å². The second-order valence-corrected chi connectivity index (χ2v) is 5.50. The summed E-state index contributed by atoms with van der Waals surface area (Å²) in [5, 5.41) is 4.01. The number of hydrogen-bond acceptors (Lipinski definition) is 3. The predicted octanol–water partition coefficient (Wildman–Crippen LogP) is 2.42. The molecule has 5 heteroatoms.